The van der Waals surface area contributed by atoms with Crippen LogP contribution < -0.4 is 4.74 Å². The average molecular weight is 283 g/mol. The van der Waals surface area contributed by atoms with Gasteiger partial charge in [-0.1, -0.05) is 6.07 Å². The Morgan fingerprint density at radius 1 is 1.11 bits per heavy atom. The molecule has 0 atom stereocenters. The van der Waals surface area contributed by atoms with Crippen molar-refractivity contribution >= 4 is 12.4 Å². The first-order chi connectivity index (χ1) is 8.90. The van der Waals surface area contributed by atoms with Crippen LogP contribution in [0.15, 0.2) is 24.4 Å². The normalized spacial score (nSPS) is 20.8. The van der Waals surface area contributed by atoms with Crippen LogP contribution in [0.1, 0.15) is 25.7 Å². The Kier molecular flexibility index (Phi) is 5.46. The summed E-state index contributed by atoms with van der Waals surface area (Å²) in [5.41, 5.74) is 0. The molecule has 2 fully saturated rings. The maximum Gasteiger partial charge on any atom is 0.213 e. The van der Waals surface area contributed by atoms with Gasteiger partial charge in [-0.25, -0.2) is 4.98 Å². The summed E-state index contributed by atoms with van der Waals surface area (Å²) in [7, 11) is 0. The highest BCUT2D eigenvalue weighted by Crippen LogP contribution is 2.31. The summed E-state index contributed by atoms with van der Waals surface area (Å²) in [6.45, 7) is 4.68. The minimum absolute atomic E-state index is 0. The maximum absolute atomic E-state index is 5.74. The largest absolute Gasteiger partial charge is 0.477 e. The van der Waals surface area contributed by atoms with Gasteiger partial charge in [-0.15, -0.1) is 12.4 Å². The van der Waals surface area contributed by atoms with Gasteiger partial charge < -0.3 is 9.64 Å². The zero-order valence-electron chi connectivity index (χ0n) is 11.3. The van der Waals surface area contributed by atoms with E-state index in [1.165, 1.54) is 45.3 Å². The number of likely N-dealkylation sites (tertiary alicyclic amines) is 1. The van der Waals surface area contributed by atoms with Crippen LogP contribution in [0.2, 0.25) is 0 Å². The number of nitrogens with zero attached hydrogens (tertiary/aromatic N) is 2. The first-order valence-corrected chi connectivity index (χ1v) is 7.16. The Labute approximate surface area is 121 Å². The predicted molar refractivity (Wildman–Crippen MR) is 78.9 cm³/mol. The Balaban J connectivity index is 0.00000133. The van der Waals surface area contributed by atoms with Gasteiger partial charge in [-0.3, -0.25) is 0 Å². The van der Waals surface area contributed by atoms with Crippen molar-refractivity contribution in [3.05, 3.63) is 24.4 Å². The molecule has 1 saturated carbocycles. The Bertz CT molecular complexity index is 362. The molecule has 3 rings (SSSR count). The molecule has 2 heterocycles. The number of rotatable bonds is 5. The highest BCUT2D eigenvalue weighted by Gasteiger charge is 2.27. The zero-order chi connectivity index (χ0) is 12.2. The second-order valence-corrected chi connectivity index (χ2v) is 5.67. The molecule has 2 aliphatic rings. The van der Waals surface area contributed by atoms with Crippen LogP contribution >= 0.6 is 12.4 Å². The number of hydrogen-bond donors (Lipinski definition) is 0. The van der Waals surface area contributed by atoms with Crippen LogP contribution in [0, 0.1) is 11.8 Å². The van der Waals surface area contributed by atoms with Crippen molar-refractivity contribution in [2.75, 3.05) is 26.2 Å². The summed E-state index contributed by atoms with van der Waals surface area (Å²) in [6.07, 6.45) is 7.26. The summed E-state index contributed by atoms with van der Waals surface area (Å²) in [5, 5.41) is 0. The van der Waals surface area contributed by atoms with Crippen LogP contribution in [0.25, 0.3) is 0 Å². The summed E-state index contributed by atoms with van der Waals surface area (Å²) in [4.78, 5) is 6.83. The lowest BCUT2D eigenvalue weighted by Gasteiger charge is -2.31. The van der Waals surface area contributed by atoms with Gasteiger partial charge in [0, 0.05) is 18.8 Å². The van der Waals surface area contributed by atoms with E-state index in [0.29, 0.717) is 5.92 Å². The zero-order valence-corrected chi connectivity index (χ0v) is 12.1. The van der Waals surface area contributed by atoms with Gasteiger partial charge in [0.25, 0.3) is 0 Å². The molecule has 1 aromatic rings. The Morgan fingerprint density at radius 3 is 2.53 bits per heavy atom. The van der Waals surface area contributed by atoms with E-state index in [-0.39, 0.29) is 12.4 Å². The third-order valence-electron chi connectivity index (χ3n) is 4.03. The van der Waals surface area contributed by atoms with Crippen LogP contribution in [0.5, 0.6) is 5.88 Å². The van der Waals surface area contributed by atoms with Crippen LogP contribution in [0.4, 0.5) is 0 Å². The molecule has 0 radical (unpaired) electrons. The summed E-state index contributed by atoms with van der Waals surface area (Å²) >= 11 is 0. The van der Waals surface area contributed by atoms with Gasteiger partial charge in [0.05, 0.1) is 6.61 Å². The standard InChI is InChI=1S/C15H22N2O.ClH/c1-2-8-16-15(3-1)18-12-14-6-9-17(10-7-14)11-13-4-5-13;/h1-3,8,13-14H,4-7,9-12H2;1H. The first kappa shape index (κ1) is 14.6. The molecule has 1 saturated heterocycles. The number of halogens is 1. The lowest BCUT2D eigenvalue weighted by molar-refractivity contribution is 0.135. The molecule has 4 heteroatoms. The molecule has 0 bridgehead atoms. The Hall–Kier alpha value is -0.800. The van der Waals surface area contributed by atoms with Gasteiger partial charge in [0.15, 0.2) is 0 Å². The van der Waals surface area contributed by atoms with Gasteiger partial charge in [-0.05, 0) is 56.7 Å². The van der Waals surface area contributed by atoms with E-state index in [1.807, 2.05) is 18.2 Å². The summed E-state index contributed by atoms with van der Waals surface area (Å²) in [6, 6.07) is 5.83. The van der Waals surface area contributed by atoms with E-state index < -0.39 is 0 Å². The van der Waals surface area contributed by atoms with Crippen LogP contribution in [-0.4, -0.2) is 36.1 Å². The quantitative estimate of drug-likeness (QED) is 0.830. The molecule has 1 aromatic heterocycles. The van der Waals surface area contributed by atoms with Crippen molar-refractivity contribution in [2.45, 2.75) is 25.7 Å². The van der Waals surface area contributed by atoms with Gasteiger partial charge in [0.2, 0.25) is 5.88 Å². The maximum atomic E-state index is 5.74. The first-order valence-electron chi connectivity index (χ1n) is 7.16. The molecule has 106 valence electrons. The number of piperidine rings is 1. The van der Waals surface area contributed by atoms with Crippen molar-refractivity contribution in [3.8, 4) is 5.88 Å². The number of ether oxygens (including phenoxy) is 1. The molecule has 0 spiro atoms. The summed E-state index contributed by atoms with van der Waals surface area (Å²) < 4.78 is 5.74. The molecule has 1 aliphatic carbocycles. The highest BCUT2D eigenvalue weighted by atomic mass is 35.5. The number of pyridine rings is 1. The van der Waals surface area contributed by atoms with E-state index >= 15 is 0 Å². The fraction of sp³-hybridized carbons (Fsp3) is 0.667. The van der Waals surface area contributed by atoms with Gasteiger partial charge >= 0.3 is 0 Å². The number of aromatic nitrogens is 1. The van der Waals surface area contributed by atoms with Crippen molar-refractivity contribution in [2.24, 2.45) is 11.8 Å². The van der Waals surface area contributed by atoms with Gasteiger partial charge in [-0.2, -0.15) is 0 Å². The van der Waals surface area contributed by atoms with Crippen LogP contribution in [-0.2, 0) is 0 Å². The predicted octanol–water partition coefficient (Wildman–Crippen LogP) is 3.00. The third kappa shape index (κ3) is 4.66. The Morgan fingerprint density at radius 2 is 1.89 bits per heavy atom. The SMILES string of the molecule is Cl.c1ccc(OCC2CCN(CC3CC3)CC2)nc1. The van der Waals surface area contributed by atoms with Crippen molar-refractivity contribution in [1.82, 2.24) is 9.88 Å². The van der Waals surface area contributed by atoms with E-state index in [0.717, 1.165) is 18.4 Å². The van der Waals surface area contributed by atoms with E-state index in [4.69, 9.17) is 4.74 Å². The highest BCUT2D eigenvalue weighted by molar-refractivity contribution is 5.85. The van der Waals surface area contributed by atoms with E-state index in [9.17, 15) is 0 Å². The van der Waals surface area contributed by atoms with Crippen molar-refractivity contribution in [3.63, 3.8) is 0 Å². The monoisotopic (exact) mass is 282 g/mol. The van der Waals surface area contributed by atoms with Gasteiger partial charge in [0.1, 0.15) is 0 Å². The molecular formula is C15H23ClN2O. The molecular weight excluding hydrogens is 260 g/mol. The minimum atomic E-state index is 0. The van der Waals surface area contributed by atoms with E-state index in [1.54, 1.807) is 6.20 Å². The molecule has 0 aromatic carbocycles. The molecule has 3 nitrogen and oxygen atoms in total. The molecule has 0 N–H and O–H groups in total. The number of hydrogen-bond acceptors (Lipinski definition) is 3. The van der Waals surface area contributed by atoms with Crippen molar-refractivity contribution < 1.29 is 4.74 Å². The average Bonchev–Trinajstić information content (AvgIpc) is 3.23. The minimum Gasteiger partial charge on any atom is -0.477 e. The third-order valence-corrected chi connectivity index (χ3v) is 4.03. The fourth-order valence-electron chi connectivity index (χ4n) is 2.64. The fourth-order valence-corrected chi connectivity index (χ4v) is 2.64. The molecule has 19 heavy (non-hydrogen) atoms. The lowest BCUT2D eigenvalue weighted by atomic mass is 9.97. The van der Waals surface area contributed by atoms with E-state index in [2.05, 4.69) is 9.88 Å². The second-order valence-electron chi connectivity index (χ2n) is 5.67. The van der Waals surface area contributed by atoms with Crippen molar-refractivity contribution in [1.29, 1.82) is 0 Å². The smallest absolute Gasteiger partial charge is 0.213 e. The topological polar surface area (TPSA) is 25.4 Å². The second kappa shape index (κ2) is 7.11. The summed E-state index contributed by atoms with van der Waals surface area (Å²) in [5.74, 6) is 2.49. The molecule has 0 amide bonds. The molecule has 1 aliphatic heterocycles. The van der Waals surface area contributed by atoms with Crippen LogP contribution in [0.3, 0.4) is 0 Å². The molecule has 0 unspecified atom stereocenters. The lowest BCUT2D eigenvalue weighted by Crippen LogP contribution is -2.36.